The molecule has 0 aliphatic carbocycles. The maximum atomic E-state index is 10.7. The fraction of sp³-hybridized carbons (Fsp3) is 0.500. The highest BCUT2D eigenvalue weighted by atomic mass is 16.6. The number of aliphatic hydroxyl groups excluding tert-OH is 1. The van der Waals surface area contributed by atoms with Gasteiger partial charge in [0.25, 0.3) is 5.69 Å². The lowest BCUT2D eigenvalue weighted by Gasteiger charge is -2.39. The van der Waals surface area contributed by atoms with Crippen molar-refractivity contribution in [3.63, 3.8) is 0 Å². The van der Waals surface area contributed by atoms with Crippen molar-refractivity contribution in [2.24, 2.45) is 0 Å². The second-order valence-corrected chi connectivity index (χ2v) is 4.64. The minimum atomic E-state index is -0.502. The number of nitrogen functional groups attached to an aromatic ring is 1. The van der Waals surface area contributed by atoms with Crippen molar-refractivity contribution in [3.8, 4) is 0 Å². The average molecular weight is 267 g/mol. The van der Waals surface area contributed by atoms with Gasteiger partial charge in [0, 0.05) is 24.3 Å². The number of benzene rings is 1. The Labute approximate surface area is 110 Å². The quantitative estimate of drug-likeness (QED) is 0.476. The van der Waals surface area contributed by atoms with Crippen LogP contribution in [0.1, 0.15) is 6.92 Å². The smallest absolute Gasteiger partial charge is 0.292 e. The molecule has 7 heteroatoms. The highest BCUT2D eigenvalue weighted by Crippen LogP contribution is 2.29. The highest BCUT2D eigenvalue weighted by molar-refractivity contribution is 5.67. The summed E-state index contributed by atoms with van der Waals surface area (Å²) in [5.74, 6) is 0. The van der Waals surface area contributed by atoms with Crippen molar-refractivity contribution in [1.29, 1.82) is 0 Å². The van der Waals surface area contributed by atoms with Crippen molar-refractivity contribution in [2.45, 2.75) is 19.1 Å². The summed E-state index contributed by atoms with van der Waals surface area (Å²) < 4.78 is 5.45. The van der Waals surface area contributed by atoms with Crippen LogP contribution in [0.5, 0.6) is 0 Å². The zero-order valence-corrected chi connectivity index (χ0v) is 10.7. The second kappa shape index (κ2) is 5.41. The third-order valence-electron chi connectivity index (χ3n) is 3.25. The molecule has 104 valence electrons. The van der Waals surface area contributed by atoms with Crippen LogP contribution in [0.4, 0.5) is 17.1 Å². The fourth-order valence-electron chi connectivity index (χ4n) is 2.17. The van der Waals surface area contributed by atoms with E-state index in [1.54, 1.807) is 12.1 Å². The summed E-state index contributed by atoms with van der Waals surface area (Å²) in [6.07, 6.45) is -0.243. The molecule has 2 unspecified atom stereocenters. The van der Waals surface area contributed by atoms with Crippen LogP contribution in [0.25, 0.3) is 0 Å². The van der Waals surface area contributed by atoms with Gasteiger partial charge in [-0.3, -0.25) is 10.1 Å². The third kappa shape index (κ3) is 2.77. The highest BCUT2D eigenvalue weighted by Gasteiger charge is 2.26. The van der Waals surface area contributed by atoms with E-state index in [0.29, 0.717) is 13.2 Å². The van der Waals surface area contributed by atoms with E-state index in [9.17, 15) is 10.1 Å². The van der Waals surface area contributed by atoms with E-state index in [-0.39, 0.29) is 30.1 Å². The molecule has 1 aliphatic heterocycles. The van der Waals surface area contributed by atoms with E-state index >= 15 is 0 Å². The Morgan fingerprint density at radius 1 is 1.63 bits per heavy atom. The fourth-order valence-corrected chi connectivity index (χ4v) is 2.17. The predicted octanol–water partition coefficient (Wildman–Crippen LogP) is 0.763. The van der Waals surface area contributed by atoms with E-state index < -0.39 is 4.92 Å². The van der Waals surface area contributed by atoms with E-state index in [4.69, 9.17) is 15.6 Å². The van der Waals surface area contributed by atoms with Crippen molar-refractivity contribution >= 4 is 17.1 Å². The molecule has 0 aromatic heterocycles. The molecular formula is C12H17N3O4. The molecule has 3 N–H and O–H groups in total. The zero-order chi connectivity index (χ0) is 14.0. The summed E-state index contributed by atoms with van der Waals surface area (Å²) in [5, 5.41) is 19.9. The maximum absolute atomic E-state index is 10.7. The van der Waals surface area contributed by atoms with E-state index in [1.165, 1.54) is 6.07 Å². The van der Waals surface area contributed by atoms with Gasteiger partial charge in [-0.1, -0.05) is 0 Å². The zero-order valence-electron chi connectivity index (χ0n) is 10.7. The SMILES string of the molecule is CC1COC(CO)CN1c1ccc([N+](=O)[O-])c(N)c1. The molecule has 1 aliphatic rings. The van der Waals surface area contributed by atoms with Gasteiger partial charge >= 0.3 is 0 Å². The summed E-state index contributed by atoms with van der Waals surface area (Å²) in [4.78, 5) is 12.3. The number of nitrogens with two attached hydrogens (primary N) is 1. The van der Waals surface area contributed by atoms with Crippen LogP contribution in [0.15, 0.2) is 18.2 Å². The van der Waals surface area contributed by atoms with Crippen molar-refractivity contribution in [3.05, 3.63) is 28.3 Å². The molecule has 19 heavy (non-hydrogen) atoms. The van der Waals surface area contributed by atoms with Crippen molar-refractivity contribution in [1.82, 2.24) is 0 Å². The lowest BCUT2D eigenvalue weighted by atomic mass is 10.1. The summed E-state index contributed by atoms with van der Waals surface area (Å²) in [5.41, 5.74) is 6.54. The molecule has 0 bridgehead atoms. The van der Waals surface area contributed by atoms with Gasteiger partial charge in [-0.15, -0.1) is 0 Å². The molecule has 1 aromatic rings. The molecule has 1 fully saturated rings. The first-order valence-electron chi connectivity index (χ1n) is 6.06. The molecular weight excluding hydrogens is 250 g/mol. The van der Waals surface area contributed by atoms with Gasteiger partial charge in [-0.2, -0.15) is 0 Å². The van der Waals surface area contributed by atoms with Gasteiger partial charge in [0.05, 0.1) is 24.2 Å². The number of nitrogens with zero attached hydrogens (tertiary/aromatic N) is 2. The Bertz CT molecular complexity index is 480. The summed E-state index contributed by atoms with van der Waals surface area (Å²) in [6.45, 7) is 2.98. The number of nitro benzene ring substituents is 1. The molecule has 1 saturated heterocycles. The molecule has 1 aromatic carbocycles. The molecule has 2 rings (SSSR count). The lowest BCUT2D eigenvalue weighted by Crippen LogP contribution is -2.49. The first-order chi connectivity index (χ1) is 9.02. The van der Waals surface area contributed by atoms with Crippen LogP contribution in [0.2, 0.25) is 0 Å². The molecule has 0 amide bonds. The van der Waals surface area contributed by atoms with E-state index in [0.717, 1.165) is 5.69 Å². The summed E-state index contributed by atoms with van der Waals surface area (Å²) in [7, 11) is 0. The lowest BCUT2D eigenvalue weighted by molar-refractivity contribution is -0.383. The molecule has 0 spiro atoms. The molecule has 0 radical (unpaired) electrons. The first-order valence-corrected chi connectivity index (χ1v) is 6.06. The van der Waals surface area contributed by atoms with Crippen molar-refractivity contribution < 1.29 is 14.8 Å². The maximum Gasteiger partial charge on any atom is 0.292 e. The minimum absolute atomic E-state index is 0.0499. The number of nitro groups is 1. The van der Waals surface area contributed by atoms with Gasteiger partial charge in [0.2, 0.25) is 0 Å². The van der Waals surface area contributed by atoms with Gasteiger partial charge in [0.15, 0.2) is 0 Å². The van der Waals surface area contributed by atoms with E-state index in [2.05, 4.69) is 0 Å². The topological polar surface area (TPSA) is 102 Å². The Morgan fingerprint density at radius 2 is 2.37 bits per heavy atom. The van der Waals surface area contributed by atoms with Crippen LogP contribution < -0.4 is 10.6 Å². The van der Waals surface area contributed by atoms with Crippen molar-refractivity contribution in [2.75, 3.05) is 30.4 Å². The van der Waals surface area contributed by atoms with Crippen LogP contribution in [0.3, 0.4) is 0 Å². The summed E-state index contributed by atoms with van der Waals surface area (Å²) in [6, 6.07) is 4.79. The average Bonchev–Trinajstić information content (AvgIpc) is 2.38. The van der Waals surface area contributed by atoms with E-state index in [1.807, 2.05) is 11.8 Å². The monoisotopic (exact) mass is 267 g/mol. The Kier molecular flexibility index (Phi) is 3.87. The summed E-state index contributed by atoms with van der Waals surface area (Å²) >= 11 is 0. The van der Waals surface area contributed by atoms with Crippen LogP contribution >= 0.6 is 0 Å². The Balaban J connectivity index is 2.25. The van der Waals surface area contributed by atoms with Gasteiger partial charge < -0.3 is 20.5 Å². The van der Waals surface area contributed by atoms with Gasteiger partial charge in [-0.25, -0.2) is 0 Å². The minimum Gasteiger partial charge on any atom is -0.394 e. The Morgan fingerprint density at radius 3 is 2.95 bits per heavy atom. The van der Waals surface area contributed by atoms with Crippen LogP contribution in [-0.2, 0) is 4.74 Å². The Hall–Kier alpha value is -1.86. The van der Waals surface area contributed by atoms with Gasteiger partial charge in [-0.05, 0) is 19.1 Å². The van der Waals surface area contributed by atoms with Gasteiger partial charge in [0.1, 0.15) is 5.69 Å². The standard InChI is InChI=1S/C12H17N3O4/c1-8-7-19-10(6-16)5-14(8)9-2-3-12(15(17)18)11(13)4-9/h2-4,8,10,16H,5-7,13H2,1H3. The number of morpholine rings is 1. The molecule has 2 atom stereocenters. The number of rotatable bonds is 3. The predicted molar refractivity (Wildman–Crippen MR) is 71.1 cm³/mol. The molecule has 0 saturated carbocycles. The van der Waals surface area contributed by atoms with Crippen LogP contribution in [0, 0.1) is 10.1 Å². The first kappa shape index (κ1) is 13.6. The normalized spacial score (nSPS) is 23.4. The molecule has 1 heterocycles. The molecule has 7 nitrogen and oxygen atoms in total. The number of aliphatic hydroxyl groups is 1. The number of hydrogen-bond donors (Lipinski definition) is 2. The van der Waals surface area contributed by atoms with Crippen LogP contribution in [-0.4, -0.2) is 41.9 Å². The third-order valence-corrected chi connectivity index (χ3v) is 3.25. The number of anilines is 2. The number of hydrogen-bond acceptors (Lipinski definition) is 6. The largest absolute Gasteiger partial charge is 0.394 e. The second-order valence-electron chi connectivity index (χ2n) is 4.64. The number of ether oxygens (including phenoxy) is 1.